The number of hydrogen-bond acceptors (Lipinski definition) is 5. The summed E-state index contributed by atoms with van der Waals surface area (Å²) in [5.74, 6) is -0.782. The van der Waals surface area contributed by atoms with Crippen molar-refractivity contribution in [3.8, 4) is 11.5 Å². The Morgan fingerprint density at radius 2 is 1.65 bits per heavy atom. The molecule has 1 saturated heterocycles. The van der Waals surface area contributed by atoms with Crippen LogP contribution in [0.15, 0.2) is 78.5 Å². The number of ether oxygens (including phenoxy) is 1. The first-order valence-corrected chi connectivity index (χ1v) is 9.69. The molecule has 34 heavy (non-hydrogen) atoms. The van der Waals surface area contributed by atoms with Crippen LogP contribution in [0.25, 0.3) is 6.08 Å². The molecule has 4 rings (SSSR count). The topological polar surface area (TPSA) is 102 Å². The number of nitro benzene ring substituents is 1. The van der Waals surface area contributed by atoms with E-state index in [9.17, 15) is 32.9 Å². The lowest BCUT2D eigenvalue weighted by Crippen LogP contribution is -2.30. The number of carbonyl (C=O) groups excluding carboxylic acids is 2. The lowest BCUT2D eigenvalue weighted by Gasteiger charge is -2.11. The Labute approximate surface area is 190 Å². The van der Waals surface area contributed by atoms with E-state index in [4.69, 9.17) is 4.74 Å². The van der Waals surface area contributed by atoms with Gasteiger partial charge in [-0.05, 0) is 48.0 Å². The highest BCUT2D eigenvalue weighted by Gasteiger charge is 2.35. The van der Waals surface area contributed by atoms with E-state index in [1.54, 1.807) is 30.3 Å². The molecule has 0 radical (unpaired) electrons. The van der Waals surface area contributed by atoms with Gasteiger partial charge in [0.1, 0.15) is 11.4 Å². The summed E-state index contributed by atoms with van der Waals surface area (Å²) in [5.41, 5.74) is -1.04. The normalized spacial score (nSPS) is 14.9. The van der Waals surface area contributed by atoms with Crippen LogP contribution in [0.2, 0.25) is 0 Å². The van der Waals surface area contributed by atoms with E-state index in [-0.39, 0.29) is 17.2 Å². The maximum absolute atomic E-state index is 12.9. The minimum atomic E-state index is -4.73. The number of benzene rings is 3. The fourth-order valence-electron chi connectivity index (χ4n) is 3.20. The van der Waals surface area contributed by atoms with Gasteiger partial charge in [-0.15, -0.1) is 0 Å². The minimum absolute atomic E-state index is 0.0425. The van der Waals surface area contributed by atoms with E-state index >= 15 is 0 Å². The van der Waals surface area contributed by atoms with E-state index in [0.717, 1.165) is 11.0 Å². The third kappa shape index (κ3) is 4.58. The first kappa shape index (κ1) is 22.5. The van der Waals surface area contributed by atoms with Gasteiger partial charge < -0.3 is 10.1 Å². The summed E-state index contributed by atoms with van der Waals surface area (Å²) in [4.78, 5) is 36.1. The number of hydrogen-bond donors (Lipinski definition) is 1. The standard InChI is InChI=1S/C23H14F3N3O5/c24-23(25,26)15-8-11-20(19(13-15)29(32)33)34-17-9-6-14(7-10-17)12-18-21(30)28(22(31)27-18)16-4-2-1-3-5-16/h1-13H,(H,27,31). The number of nitro groups is 1. The average molecular weight is 469 g/mol. The van der Waals surface area contributed by atoms with Crippen molar-refractivity contribution in [2.45, 2.75) is 6.18 Å². The second kappa shape index (κ2) is 8.70. The highest BCUT2D eigenvalue weighted by Crippen LogP contribution is 2.38. The van der Waals surface area contributed by atoms with Crippen LogP contribution in [0.1, 0.15) is 11.1 Å². The summed E-state index contributed by atoms with van der Waals surface area (Å²) in [6.07, 6.45) is -3.30. The summed E-state index contributed by atoms with van der Waals surface area (Å²) < 4.78 is 44.0. The first-order valence-electron chi connectivity index (χ1n) is 9.69. The van der Waals surface area contributed by atoms with E-state index in [0.29, 0.717) is 23.4 Å². The van der Waals surface area contributed by atoms with Crippen molar-refractivity contribution in [2.24, 2.45) is 0 Å². The number of nitrogens with one attached hydrogen (secondary N) is 1. The lowest BCUT2D eigenvalue weighted by molar-refractivity contribution is -0.385. The number of carbonyl (C=O) groups is 2. The van der Waals surface area contributed by atoms with Crippen molar-refractivity contribution in [3.05, 3.63) is 99.7 Å². The molecule has 1 aliphatic heterocycles. The zero-order valence-electron chi connectivity index (χ0n) is 17.1. The fourth-order valence-corrected chi connectivity index (χ4v) is 3.20. The van der Waals surface area contributed by atoms with Crippen molar-refractivity contribution < 1.29 is 32.4 Å². The molecule has 0 spiro atoms. The molecule has 1 heterocycles. The van der Waals surface area contributed by atoms with Gasteiger partial charge in [-0.3, -0.25) is 14.9 Å². The number of urea groups is 1. The molecule has 11 heteroatoms. The predicted molar refractivity (Wildman–Crippen MR) is 115 cm³/mol. The number of alkyl halides is 3. The molecule has 3 aromatic carbocycles. The summed E-state index contributed by atoms with van der Waals surface area (Å²) in [7, 11) is 0. The highest BCUT2D eigenvalue weighted by atomic mass is 19.4. The van der Waals surface area contributed by atoms with Crippen LogP contribution < -0.4 is 15.0 Å². The summed E-state index contributed by atoms with van der Waals surface area (Å²) in [5, 5.41) is 13.7. The molecule has 1 N–H and O–H groups in total. The second-order valence-electron chi connectivity index (χ2n) is 7.07. The average Bonchev–Trinajstić information content (AvgIpc) is 3.07. The molecule has 0 saturated carbocycles. The Morgan fingerprint density at radius 1 is 0.971 bits per heavy atom. The zero-order chi connectivity index (χ0) is 24.5. The molecule has 1 aliphatic rings. The zero-order valence-corrected chi connectivity index (χ0v) is 17.1. The van der Waals surface area contributed by atoms with Gasteiger partial charge in [0.25, 0.3) is 5.91 Å². The molecule has 0 atom stereocenters. The maximum atomic E-state index is 12.9. The number of para-hydroxylation sites is 1. The molecule has 172 valence electrons. The van der Waals surface area contributed by atoms with Crippen molar-refractivity contribution in [1.29, 1.82) is 0 Å². The van der Waals surface area contributed by atoms with Crippen molar-refractivity contribution in [3.63, 3.8) is 0 Å². The lowest BCUT2D eigenvalue weighted by atomic mass is 10.1. The van der Waals surface area contributed by atoms with Crippen molar-refractivity contribution in [2.75, 3.05) is 4.90 Å². The van der Waals surface area contributed by atoms with Gasteiger partial charge in [0.2, 0.25) is 5.75 Å². The molecule has 1 fully saturated rings. The Morgan fingerprint density at radius 3 is 2.26 bits per heavy atom. The van der Waals surface area contributed by atoms with Gasteiger partial charge in [-0.2, -0.15) is 13.2 Å². The van der Waals surface area contributed by atoms with Crippen molar-refractivity contribution in [1.82, 2.24) is 5.32 Å². The summed E-state index contributed by atoms with van der Waals surface area (Å²) in [6, 6.07) is 15.6. The van der Waals surface area contributed by atoms with Crippen LogP contribution in [-0.4, -0.2) is 16.9 Å². The van der Waals surface area contributed by atoms with Crippen LogP contribution in [0, 0.1) is 10.1 Å². The molecule has 8 nitrogen and oxygen atoms in total. The number of amides is 3. The van der Waals surface area contributed by atoms with E-state index in [2.05, 4.69) is 5.32 Å². The van der Waals surface area contributed by atoms with Crippen molar-refractivity contribution >= 4 is 29.4 Å². The Balaban J connectivity index is 1.53. The van der Waals surface area contributed by atoms with Crippen LogP contribution in [-0.2, 0) is 11.0 Å². The predicted octanol–water partition coefficient (Wildman–Crippen LogP) is 5.50. The Kier molecular flexibility index (Phi) is 5.76. The monoisotopic (exact) mass is 469 g/mol. The van der Waals surface area contributed by atoms with Crippen LogP contribution in [0.5, 0.6) is 11.5 Å². The van der Waals surface area contributed by atoms with E-state index in [1.807, 2.05) is 0 Å². The molecule has 0 aliphatic carbocycles. The van der Waals surface area contributed by atoms with Gasteiger partial charge in [0.15, 0.2) is 0 Å². The smallest absolute Gasteiger partial charge is 0.416 e. The number of anilines is 1. The number of nitrogens with zero attached hydrogens (tertiary/aromatic N) is 2. The Bertz CT molecular complexity index is 1310. The van der Waals surface area contributed by atoms with E-state index < -0.39 is 34.3 Å². The summed E-state index contributed by atoms with van der Waals surface area (Å²) >= 11 is 0. The third-order valence-corrected chi connectivity index (χ3v) is 4.79. The highest BCUT2D eigenvalue weighted by molar-refractivity contribution is 6.28. The SMILES string of the molecule is O=C1NC(=Cc2ccc(Oc3ccc(C(F)(F)F)cc3[N+](=O)[O-])cc2)C(=O)N1c1ccccc1. The maximum Gasteiger partial charge on any atom is 0.416 e. The number of halogens is 3. The molecule has 3 amide bonds. The number of rotatable bonds is 5. The first-order chi connectivity index (χ1) is 16.1. The minimum Gasteiger partial charge on any atom is -0.450 e. The van der Waals surface area contributed by atoms with Gasteiger partial charge in [-0.1, -0.05) is 30.3 Å². The molecule has 0 aromatic heterocycles. The Hall–Kier alpha value is -4.67. The second-order valence-corrected chi connectivity index (χ2v) is 7.07. The van der Waals surface area contributed by atoms with Gasteiger partial charge in [-0.25, -0.2) is 9.69 Å². The van der Waals surface area contributed by atoms with Crippen LogP contribution in [0.4, 0.5) is 29.3 Å². The molecular formula is C23H14F3N3O5. The van der Waals surface area contributed by atoms with Crippen LogP contribution >= 0.6 is 0 Å². The largest absolute Gasteiger partial charge is 0.450 e. The molecule has 0 unspecified atom stereocenters. The number of imide groups is 1. The van der Waals surface area contributed by atoms with Crippen LogP contribution in [0.3, 0.4) is 0 Å². The fraction of sp³-hybridized carbons (Fsp3) is 0.0435. The third-order valence-electron chi connectivity index (χ3n) is 4.79. The van der Waals surface area contributed by atoms with Gasteiger partial charge in [0.05, 0.1) is 16.2 Å². The summed E-state index contributed by atoms with van der Waals surface area (Å²) in [6.45, 7) is 0. The van der Waals surface area contributed by atoms with E-state index in [1.165, 1.54) is 30.3 Å². The quantitative estimate of drug-likeness (QED) is 0.230. The molecule has 3 aromatic rings. The molecular weight excluding hydrogens is 455 g/mol. The van der Waals surface area contributed by atoms with Gasteiger partial charge in [0, 0.05) is 6.07 Å². The molecule has 0 bridgehead atoms. The van der Waals surface area contributed by atoms with Gasteiger partial charge >= 0.3 is 17.9 Å².